The maximum Gasteiger partial charge on any atom is 0.167 e. The summed E-state index contributed by atoms with van der Waals surface area (Å²) >= 11 is 0. The van der Waals surface area contributed by atoms with Gasteiger partial charge in [-0.2, -0.15) is 0 Å². The molecule has 3 heterocycles. The molecule has 8 aromatic carbocycles. The first kappa shape index (κ1) is 31.9. The minimum absolute atomic E-state index is 0.520. The van der Waals surface area contributed by atoms with Gasteiger partial charge < -0.3 is 8.83 Å². The standard InChI is InChI=1S/C51H31N3O2/c1-5-16-32(17-6-1)36-30-41(34-20-9-3-10-21-34)47-42(31-36)46-37(33-18-7-2-8-19-33)28-29-40(48(46)56-47)51-53-49(35-22-11-4-12-23-35)52-50(54-51)39-25-15-27-44-45(39)38-24-13-14-26-43(38)55-44/h1-31H. The molecule has 0 aliphatic carbocycles. The van der Waals surface area contributed by atoms with Gasteiger partial charge in [0.25, 0.3) is 0 Å². The minimum Gasteiger partial charge on any atom is -0.456 e. The molecule has 56 heavy (non-hydrogen) atoms. The van der Waals surface area contributed by atoms with Gasteiger partial charge in [0.1, 0.15) is 22.3 Å². The van der Waals surface area contributed by atoms with Crippen molar-refractivity contribution < 1.29 is 8.83 Å². The molecule has 5 nitrogen and oxygen atoms in total. The van der Waals surface area contributed by atoms with Gasteiger partial charge in [-0.25, -0.2) is 15.0 Å². The molecule has 0 bridgehead atoms. The fraction of sp³-hybridized carbons (Fsp3) is 0. The van der Waals surface area contributed by atoms with E-state index in [1.807, 2.05) is 72.8 Å². The van der Waals surface area contributed by atoms with Crippen molar-refractivity contribution in [3.05, 3.63) is 188 Å². The van der Waals surface area contributed by atoms with E-state index in [1.54, 1.807) is 0 Å². The van der Waals surface area contributed by atoms with Gasteiger partial charge >= 0.3 is 0 Å². The van der Waals surface area contributed by atoms with Crippen LogP contribution in [0.4, 0.5) is 0 Å². The lowest BCUT2D eigenvalue weighted by molar-refractivity contribution is 0.669. The van der Waals surface area contributed by atoms with Crippen LogP contribution in [-0.4, -0.2) is 15.0 Å². The lowest BCUT2D eigenvalue weighted by Gasteiger charge is -2.11. The summed E-state index contributed by atoms with van der Waals surface area (Å²) in [4.78, 5) is 15.6. The maximum atomic E-state index is 7.17. The van der Waals surface area contributed by atoms with Crippen LogP contribution < -0.4 is 0 Å². The van der Waals surface area contributed by atoms with Gasteiger partial charge in [-0.15, -0.1) is 0 Å². The minimum atomic E-state index is 0.520. The van der Waals surface area contributed by atoms with E-state index in [2.05, 4.69) is 115 Å². The molecule has 0 fully saturated rings. The summed E-state index contributed by atoms with van der Waals surface area (Å²) in [5.41, 5.74) is 12.2. The van der Waals surface area contributed by atoms with Crippen molar-refractivity contribution in [2.45, 2.75) is 0 Å². The zero-order chi connectivity index (χ0) is 37.0. The molecular formula is C51H31N3O2. The smallest absolute Gasteiger partial charge is 0.167 e. The zero-order valence-corrected chi connectivity index (χ0v) is 30.1. The first-order chi connectivity index (χ1) is 27.8. The molecule has 0 unspecified atom stereocenters. The second-order valence-electron chi connectivity index (χ2n) is 13.9. The summed E-state index contributed by atoms with van der Waals surface area (Å²) in [6.45, 7) is 0. The van der Waals surface area contributed by atoms with Crippen molar-refractivity contribution >= 4 is 43.9 Å². The number of aromatic nitrogens is 3. The molecule has 0 radical (unpaired) electrons. The number of fused-ring (bicyclic) bond motifs is 6. The number of rotatable bonds is 6. The van der Waals surface area contributed by atoms with E-state index in [0.717, 1.165) is 88.4 Å². The topological polar surface area (TPSA) is 65.0 Å². The third-order valence-electron chi connectivity index (χ3n) is 10.5. The van der Waals surface area contributed by atoms with Crippen LogP contribution >= 0.6 is 0 Å². The van der Waals surface area contributed by atoms with Gasteiger partial charge in [-0.3, -0.25) is 0 Å². The van der Waals surface area contributed by atoms with Crippen molar-refractivity contribution in [2.24, 2.45) is 0 Å². The van der Waals surface area contributed by atoms with Crippen molar-refractivity contribution in [1.29, 1.82) is 0 Å². The number of hydrogen-bond donors (Lipinski definition) is 0. The van der Waals surface area contributed by atoms with Gasteiger partial charge in [0.05, 0.1) is 5.56 Å². The van der Waals surface area contributed by atoms with Crippen LogP contribution in [0.1, 0.15) is 0 Å². The van der Waals surface area contributed by atoms with Gasteiger partial charge in [0.15, 0.2) is 17.5 Å². The summed E-state index contributed by atoms with van der Waals surface area (Å²) < 4.78 is 13.5. The summed E-state index contributed by atoms with van der Waals surface area (Å²) in [6.07, 6.45) is 0. The zero-order valence-electron chi connectivity index (χ0n) is 30.1. The summed E-state index contributed by atoms with van der Waals surface area (Å²) in [7, 11) is 0. The third kappa shape index (κ3) is 5.29. The first-order valence-electron chi connectivity index (χ1n) is 18.7. The summed E-state index contributed by atoms with van der Waals surface area (Å²) in [5.74, 6) is 1.65. The highest BCUT2D eigenvalue weighted by Gasteiger charge is 2.24. The van der Waals surface area contributed by atoms with Crippen molar-refractivity contribution in [3.63, 3.8) is 0 Å². The van der Waals surface area contributed by atoms with E-state index in [-0.39, 0.29) is 0 Å². The Morgan fingerprint density at radius 2 is 0.839 bits per heavy atom. The van der Waals surface area contributed by atoms with Crippen LogP contribution in [0.2, 0.25) is 0 Å². The average molecular weight is 718 g/mol. The van der Waals surface area contributed by atoms with Crippen LogP contribution in [0.25, 0.3) is 111 Å². The van der Waals surface area contributed by atoms with Crippen LogP contribution in [-0.2, 0) is 0 Å². The molecule has 0 amide bonds. The van der Waals surface area contributed by atoms with Gasteiger partial charge in [0, 0.05) is 38.2 Å². The molecule has 0 saturated carbocycles. The fourth-order valence-electron chi connectivity index (χ4n) is 7.94. The fourth-order valence-corrected chi connectivity index (χ4v) is 7.94. The predicted octanol–water partition coefficient (Wildman–Crippen LogP) is 13.7. The largest absolute Gasteiger partial charge is 0.456 e. The van der Waals surface area contributed by atoms with Crippen LogP contribution in [0.15, 0.2) is 197 Å². The molecule has 11 aromatic rings. The van der Waals surface area contributed by atoms with E-state index in [4.69, 9.17) is 23.8 Å². The summed E-state index contributed by atoms with van der Waals surface area (Å²) in [5, 5.41) is 4.00. The number of para-hydroxylation sites is 1. The molecule has 0 atom stereocenters. The van der Waals surface area contributed by atoms with E-state index < -0.39 is 0 Å². The molecule has 5 heteroatoms. The lowest BCUT2D eigenvalue weighted by atomic mass is 9.92. The summed E-state index contributed by atoms with van der Waals surface area (Å²) in [6, 6.07) is 64.5. The second-order valence-corrected chi connectivity index (χ2v) is 13.9. The van der Waals surface area contributed by atoms with Crippen LogP contribution in [0.5, 0.6) is 0 Å². The Bertz CT molecular complexity index is 3230. The number of nitrogens with zero attached hydrogens (tertiary/aromatic N) is 3. The van der Waals surface area contributed by atoms with Gasteiger partial charge in [-0.1, -0.05) is 158 Å². The Morgan fingerprint density at radius 3 is 1.55 bits per heavy atom. The third-order valence-corrected chi connectivity index (χ3v) is 10.5. The highest BCUT2D eigenvalue weighted by molar-refractivity contribution is 6.19. The highest BCUT2D eigenvalue weighted by atomic mass is 16.3. The molecule has 0 N–H and O–H groups in total. The van der Waals surface area contributed by atoms with Crippen molar-refractivity contribution in [3.8, 4) is 67.5 Å². The Kier molecular flexibility index (Phi) is 7.42. The second kappa shape index (κ2) is 13.0. The van der Waals surface area contributed by atoms with Gasteiger partial charge in [-0.05, 0) is 58.1 Å². The number of benzene rings is 8. The SMILES string of the molecule is c1ccc(-c2cc(-c3ccccc3)c3oc4c(-c5nc(-c6ccccc6)nc(-c6cccc7oc8ccccc8c67)n5)ccc(-c5ccccc5)c4c3c2)cc1. The van der Waals surface area contributed by atoms with E-state index in [0.29, 0.717) is 23.1 Å². The molecule has 0 aliphatic heterocycles. The van der Waals surface area contributed by atoms with Gasteiger partial charge in [0.2, 0.25) is 0 Å². The molecule has 0 aliphatic rings. The molecule has 3 aromatic heterocycles. The average Bonchev–Trinajstić information content (AvgIpc) is 3.86. The van der Waals surface area contributed by atoms with E-state index in [9.17, 15) is 0 Å². The number of furan rings is 2. The maximum absolute atomic E-state index is 7.17. The normalized spacial score (nSPS) is 11.6. The molecular weight excluding hydrogens is 687 g/mol. The van der Waals surface area contributed by atoms with Crippen LogP contribution in [0.3, 0.4) is 0 Å². The van der Waals surface area contributed by atoms with Crippen molar-refractivity contribution in [1.82, 2.24) is 15.0 Å². The number of hydrogen-bond acceptors (Lipinski definition) is 5. The van der Waals surface area contributed by atoms with E-state index >= 15 is 0 Å². The Balaban J connectivity index is 1.24. The Morgan fingerprint density at radius 1 is 0.286 bits per heavy atom. The highest BCUT2D eigenvalue weighted by Crippen LogP contribution is 2.46. The molecule has 262 valence electrons. The Labute approximate surface area is 322 Å². The predicted molar refractivity (Wildman–Crippen MR) is 227 cm³/mol. The Hall–Kier alpha value is -7.63. The van der Waals surface area contributed by atoms with E-state index in [1.165, 1.54) is 0 Å². The molecule has 0 spiro atoms. The quantitative estimate of drug-likeness (QED) is 0.171. The lowest BCUT2D eigenvalue weighted by Crippen LogP contribution is -2.00. The van der Waals surface area contributed by atoms with Crippen LogP contribution in [0, 0.1) is 0 Å². The van der Waals surface area contributed by atoms with Crippen molar-refractivity contribution in [2.75, 3.05) is 0 Å². The molecule has 0 saturated heterocycles. The first-order valence-corrected chi connectivity index (χ1v) is 18.7. The monoisotopic (exact) mass is 717 g/mol. The molecule has 11 rings (SSSR count).